The Morgan fingerprint density at radius 1 is 1.33 bits per heavy atom. The topological polar surface area (TPSA) is 50.8 Å². The van der Waals surface area contributed by atoms with Crippen LogP contribution < -0.4 is 10.1 Å². The maximum Gasteiger partial charge on any atom is 0.322 e. The zero-order valence-electron chi connectivity index (χ0n) is 14.7. The second-order valence-corrected chi connectivity index (χ2v) is 6.32. The molecule has 1 aromatic carbocycles. The molecule has 1 aliphatic heterocycles. The summed E-state index contributed by atoms with van der Waals surface area (Å²) in [5.74, 6) is 0.770. The van der Waals surface area contributed by atoms with Gasteiger partial charge in [-0.1, -0.05) is 6.58 Å². The Hall–Kier alpha value is -2.01. The number of rotatable bonds is 7. The number of anilines is 1. The molecule has 0 aromatic heterocycles. The molecule has 1 atom stereocenters. The van der Waals surface area contributed by atoms with Crippen LogP contribution in [0.1, 0.15) is 32.6 Å². The molecule has 0 bridgehead atoms. The van der Waals surface area contributed by atoms with Crippen LogP contribution in [0.5, 0.6) is 5.75 Å². The number of methoxy groups -OCH3 is 1. The molecular weight excluding hydrogens is 304 g/mol. The molecule has 0 spiro atoms. The fraction of sp³-hybridized carbons (Fsp3) is 0.526. The zero-order valence-corrected chi connectivity index (χ0v) is 14.7. The van der Waals surface area contributed by atoms with Crippen molar-refractivity contribution in [3.63, 3.8) is 0 Å². The molecule has 0 unspecified atom stereocenters. The van der Waals surface area contributed by atoms with Crippen molar-refractivity contribution in [1.29, 1.82) is 0 Å². The van der Waals surface area contributed by atoms with Gasteiger partial charge in [-0.2, -0.15) is 0 Å². The fourth-order valence-corrected chi connectivity index (χ4v) is 2.86. The Labute approximate surface area is 144 Å². The third-order valence-corrected chi connectivity index (χ3v) is 4.13. The minimum atomic E-state index is -0.0357. The summed E-state index contributed by atoms with van der Waals surface area (Å²) in [6, 6.07) is 7.66. The van der Waals surface area contributed by atoms with Gasteiger partial charge in [0.2, 0.25) is 0 Å². The van der Waals surface area contributed by atoms with E-state index in [-0.39, 0.29) is 12.1 Å². The van der Waals surface area contributed by atoms with Gasteiger partial charge in [-0.3, -0.25) is 0 Å². The van der Waals surface area contributed by atoms with E-state index in [0.717, 1.165) is 42.8 Å². The summed E-state index contributed by atoms with van der Waals surface area (Å²) < 4.78 is 10.7. The molecule has 2 amide bonds. The van der Waals surface area contributed by atoms with Crippen LogP contribution in [-0.2, 0) is 4.74 Å². The van der Waals surface area contributed by atoms with Crippen LogP contribution in [0.4, 0.5) is 10.5 Å². The van der Waals surface area contributed by atoms with E-state index in [4.69, 9.17) is 9.47 Å². The van der Waals surface area contributed by atoms with Gasteiger partial charge in [-0.15, -0.1) is 0 Å². The highest BCUT2D eigenvalue weighted by molar-refractivity contribution is 5.89. The van der Waals surface area contributed by atoms with Gasteiger partial charge >= 0.3 is 6.03 Å². The van der Waals surface area contributed by atoms with Crippen LogP contribution in [0.25, 0.3) is 0 Å². The molecule has 1 N–H and O–H groups in total. The van der Waals surface area contributed by atoms with Crippen LogP contribution in [-0.4, -0.2) is 43.8 Å². The first-order chi connectivity index (χ1) is 11.6. The first kappa shape index (κ1) is 18.3. The number of carbonyl (C=O) groups excluding carboxylic acids is 1. The summed E-state index contributed by atoms with van der Waals surface area (Å²) in [4.78, 5) is 14.5. The number of piperidine rings is 1. The first-order valence-electron chi connectivity index (χ1n) is 8.54. The third-order valence-electron chi connectivity index (χ3n) is 4.13. The van der Waals surface area contributed by atoms with Crippen molar-refractivity contribution in [2.24, 2.45) is 0 Å². The molecular formula is C19H28N2O3. The van der Waals surface area contributed by atoms with E-state index in [2.05, 4.69) is 11.9 Å². The van der Waals surface area contributed by atoms with Crippen molar-refractivity contribution < 1.29 is 14.3 Å². The summed E-state index contributed by atoms with van der Waals surface area (Å²) in [7, 11) is 1.70. The molecule has 1 fully saturated rings. The van der Waals surface area contributed by atoms with Crippen molar-refractivity contribution in [2.75, 3.05) is 32.2 Å². The largest absolute Gasteiger partial charge is 0.489 e. The lowest BCUT2D eigenvalue weighted by Crippen LogP contribution is -2.46. The third kappa shape index (κ3) is 5.57. The van der Waals surface area contributed by atoms with Crippen molar-refractivity contribution in [3.8, 4) is 5.75 Å². The maximum atomic E-state index is 12.6. The number of hydrogen-bond donors (Lipinski definition) is 1. The smallest absolute Gasteiger partial charge is 0.322 e. The molecule has 2 rings (SSSR count). The molecule has 0 aliphatic carbocycles. The number of nitrogens with zero attached hydrogens (tertiary/aromatic N) is 1. The summed E-state index contributed by atoms with van der Waals surface area (Å²) in [6.07, 6.45) is 4.17. The van der Waals surface area contributed by atoms with E-state index in [9.17, 15) is 4.79 Å². The molecule has 1 aliphatic rings. The highest BCUT2D eigenvalue weighted by Gasteiger charge is 2.26. The quantitative estimate of drug-likeness (QED) is 0.766. The Bertz CT molecular complexity index is 542. The number of ether oxygens (including phenoxy) is 2. The number of hydrogen-bond acceptors (Lipinski definition) is 3. The minimum Gasteiger partial charge on any atom is -0.489 e. The van der Waals surface area contributed by atoms with E-state index in [0.29, 0.717) is 13.2 Å². The maximum absolute atomic E-state index is 12.6. The van der Waals surface area contributed by atoms with Gasteiger partial charge in [-0.25, -0.2) is 4.79 Å². The van der Waals surface area contributed by atoms with E-state index in [1.165, 1.54) is 6.42 Å². The van der Waals surface area contributed by atoms with Crippen LogP contribution in [0, 0.1) is 0 Å². The van der Waals surface area contributed by atoms with Crippen molar-refractivity contribution in [1.82, 2.24) is 4.90 Å². The molecule has 1 saturated heterocycles. The molecule has 5 heteroatoms. The Morgan fingerprint density at radius 3 is 2.75 bits per heavy atom. The van der Waals surface area contributed by atoms with Crippen LogP contribution >= 0.6 is 0 Å². The lowest BCUT2D eigenvalue weighted by Gasteiger charge is -2.35. The van der Waals surface area contributed by atoms with Crippen LogP contribution in [0.3, 0.4) is 0 Å². The van der Waals surface area contributed by atoms with E-state index in [1.807, 2.05) is 36.1 Å². The number of nitrogens with one attached hydrogen (secondary N) is 1. The summed E-state index contributed by atoms with van der Waals surface area (Å²) in [5, 5.41) is 2.98. The van der Waals surface area contributed by atoms with Gasteiger partial charge < -0.3 is 19.7 Å². The summed E-state index contributed by atoms with van der Waals surface area (Å²) in [5.41, 5.74) is 1.75. The van der Waals surface area contributed by atoms with Crippen LogP contribution in [0.2, 0.25) is 0 Å². The van der Waals surface area contributed by atoms with Gasteiger partial charge in [-0.05, 0) is 62.4 Å². The normalized spacial score (nSPS) is 17.4. The first-order valence-corrected chi connectivity index (χ1v) is 8.54. The predicted octanol–water partition coefficient (Wildman–Crippen LogP) is 4.06. The van der Waals surface area contributed by atoms with Gasteiger partial charge in [0.15, 0.2) is 0 Å². The number of likely N-dealkylation sites (tertiary alicyclic amines) is 1. The van der Waals surface area contributed by atoms with Crippen molar-refractivity contribution in [3.05, 3.63) is 36.4 Å². The SMILES string of the molecule is C=C(C)COc1ccc(NC(=O)N2CCCC[C@@H]2CCOC)cc1. The minimum absolute atomic E-state index is 0.0357. The predicted molar refractivity (Wildman–Crippen MR) is 96.6 cm³/mol. The number of carbonyl (C=O) groups is 1. The molecule has 1 aromatic rings. The Morgan fingerprint density at radius 2 is 2.08 bits per heavy atom. The average Bonchev–Trinajstić information content (AvgIpc) is 2.59. The molecule has 0 radical (unpaired) electrons. The monoisotopic (exact) mass is 332 g/mol. The second kappa shape index (κ2) is 9.33. The number of benzene rings is 1. The molecule has 132 valence electrons. The Balaban J connectivity index is 1.91. The van der Waals surface area contributed by atoms with Crippen molar-refractivity contribution >= 4 is 11.7 Å². The van der Waals surface area contributed by atoms with E-state index in [1.54, 1.807) is 7.11 Å². The lowest BCUT2D eigenvalue weighted by atomic mass is 10.00. The molecule has 1 heterocycles. The van der Waals surface area contributed by atoms with Crippen molar-refractivity contribution in [2.45, 2.75) is 38.6 Å². The van der Waals surface area contributed by atoms with E-state index < -0.39 is 0 Å². The van der Waals surface area contributed by atoms with Gasteiger partial charge in [0.05, 0.1) is 0 Å². The Kier molecular flexibility index (Phi) is 7.12. The van der Waals surface area contributed by atoms with E-state index >= 15 is 0 Å². The van der Waals surface area contributed by atoms with Crippen LogP contribution in [0.15, 0.2) is 36.4 Å². The summed E-state index contributed by atoms with van der Waals surface area (Å²) >= 11 is 0. The molecule has 5 nitrogen and oxygen atoms in total. The number of urea groups is 1. The zero-order chi connectivity index (χ0) is 17.4. The number of amides is 2. The lowest BCUT2D eigenvalue weighted by molar-refractivity contribution is 0.123. The van der Waals surface area contributed by atoms with Gasteiger partial charge in [0.1, 0.15) is 12.4 Å². The highest BCUT2D eigenvalue weighted by Crippen LogP contribution is 2.22. The molecule has 0 saturated carbocycles. The summed E-state index contributed by atoms with van der Waals surface area (Å²) in [6.45, 7) is 7.72. The fourth-order valence-electron chi connectivity index (χ4n) is 2.86. The van der Waals surface area contributed by atoms with Gasteiger partial charge in [0, 0.05) is 32.0 Å². The van der Waals surface area contributed by atoms with Gasteiger partial charge in [0.25, 0.3) is 0 Å². The standard InChI is InChI=1S/C19H28N2O3/c1-15(2)14-24-18-9-7-16(8-10-18)20-19(22)21-12-5-4-6-17(21)11-13-23-3/h7-10,17H,1,4-6,11-14H2,2-3H3,(H,20,22)/t17-/m1/s1. The second-order valence-electron chi connectivity index (χ2n) is 6.32. The average molecular weight is 332 g/mol. The highest BCUT2D eigenvalue weighted by atomic mass is 16.5. The molecule has 24 heavy (non-hydrogen) atoms.